The van der Waals surface area contributed by atoms with Crippen molar-refractivity contribution in [1.29, 1.82) is 0 Å². The van der Waals surface area contributed by atoms with Gasteiger partial charge < -0.3 is 5.11 Å². The van der Waals surface area contributed by atoms with Crippen LogP contribution in [0, 0.1) is 11.8 Å². The molecule has 1 fully saturated rings. The molecule has 0 spiro atoms. The fourth-order valence-corrected chi connectivity index (χ4v) is 2.46. The molecule has 0 unspecified atom stereocenters. The largest absolute Gasteiger partial charge is 0.508 e. The first kappa shape index (κ1) is 11.0. The number of carbonyl (C=O) groups excluding carboxylic acids is 1. The SMILES string of the molecule is O=C(N/N=C1/C[C@@H]2C=CC[C@H]12)c1ccc(O)cc1. The minimum Gasteiger partial charge on any atom is -0.508 e. The molecular formula is C14H14N2O2. The molecule has 4 heteroatoms. The summed E-state index contributed by atoms with van der Waals surface area (Å²) in [6.07, 6.45) is 6.40. The van der Waals surface area contributed by atoms with E-state index >= 15 is 0 Å². The Morgan fingerprint density at radius 1 is 1.33 bits per heavy atom. The van der Waals surface area contributed by atoms with Crippen molar-refractivity contribution in [2.45, 2.75) is 12.8 Å². The summed E-state index contributed by atoms with van der Waals surface area (Å²) in [6, 6.07) is 6.13. The molecule has 3 rings (SSSR count). The van der Waals surface area contributed by atoms with Gasteiger partial charge in [-0.1, -0.05) is 12.2 Å². The van der Waals surface area contributed by atoms with Crippen molar-refractivity contribution in [2.75, 3.05) is 0 Å². The fraction of sp³-hybridized carbons (Fsp3) is 0.286. The van der Waals surface area contributed by atoms with Gasteiger partial charge in [0.1, 0.15) is 5.75 Å². The van der Waals surface area contributed by atoms with Crippen molar-refractivity contribution in [2.24, 2.45) is 16.9 Å². The standard InChI is InChI=1S/C14H14N2O2/c17-11-6-4-9(5-7-11)14(18)16-15-13-8-10-2-1-3-12(10)13/h1-2,4-7,10,12,17H,3,8H2,(H,16,18)/b15-13-/t10-,12-/m0/s1. The van der Waals surface area contributed by atoms with E-state index in [0.717, 1.165) is 18.6 Å². The minimum atomic E-state index is -0.239. The summed E-state index contributed by atoms with van der Waals surface area (Å²) in [5.74, 6) is 1.05. The van der Waals surface area contributed by atoms with E-state index in [1.54, 1.807) is 12.1 Å². The third kappa shape index (κ3) is 1.90. The lowest BCUT2D eigenvalue weighted by Crippen LogP contribution is -2.35. The van der Waals surface area contributed by atoms with Crippen LogP contribution in [0.5, 0.6) is 5.75 Å². The molecular weight excluding hydrogens is 228 g/mol. The van der Waals surface area contributed by atoms with Crippen molar-refractivity contribution < 1.29 is 9.90 Å². The number of amides is 1. The molecule has 1 aromatic rings. The third-order valence-electron chi connectivity index (χ3n) is 3.59. The number of phenols is 1. The van der Waals surface area contributed by atoms with Gasteiger partial charge in [-0.15, -0.1) is 0 Å². The summed E-state index contributed by atoms with van der Waals surface area (Å²) in [5, 5.41) is 13.3. The van der Waals surface area contributed by atoms with Gasteiger partial charge in [-0.2, -0.15) is 5.10 Å². The Labute approximate surface area is 105 Å². The van der Waals surface area contributed by atoms with Gasteiger partial charge in [0.15, 0.2) is 0 Å². The molecule has 92 valence electrons. The second-order valence-corrected chi connectivity index (χ2v) is 4.73. The van der Waals surface area contributed by atoms with Gasteiger partial charge in [-0.05, 0) is 43.0 Å². The highest BCUT2D eigenvalue weighted by Gasteiger charge is 2.37. The molecule has 0 heterocycles. The molecule has 0 saturated heterocycles. The molecule has 0 bridgehead atoms. The number of fused-ring (bicyclic) bond motifs is 1. The highest BCUT2D eigenvalue weighted by Crippen LogP contribution is 2.40. The van der Waals surface area contributed by atoms with Crippen molar-refractivity contribution in [3.05, 3.63) is 42.0 Å². The van der Waals surface area contributed by atoms with Crippen molar-refractivity contribution in [3.8, 4) is 5.75 Å². The van der Waals surface area contributed by atoms with Crippen molar-refractivity contribution >= 4 is 11.6 Å². The predicted molar refractivity (Wildman–Crippen MR) is 68.4 cm³/mol. The first-order chi connectivity index (χ1) is 8.74. The molecule has 4 nitrogen and oxygen atoms in total. The highest BCUT2D eigenvalue weighted by atomic mass is 16.3. The number of phenolic OH excluding ortho intramolecular Hbond substituents is 1. The van der Waals surface area contributed by atoms with Gasteiger partial charge >= 0.3 is 0 Å². The van der Waals surface area contributed by atoms with Crippen molar-refractivity contribution in [1.82, 2.24) is 5.43 Å². The average Bonchev–Trinajstić information content (AvgIpc) is 2.72. The molecule has 0 aliphatic heterocycles. The lowest BCUT2D eigenvalue weighted by Gasteiger charge is -2.31. The van der Waals surface area contributed by atoms with Crippen LogP contribution in [0.25, 0.3) is 0 Å². The van der Waals surface area contributed by atoms with Crippen LogP contribution in [0.4, 0.5) is 0 Å². The fourth-order valence-electron chi connectivity index (χ4n) is 2.46. The van der Waals surface area contributed by atoms with Gasteiger partial charge in [0.25, 0.3) is 5.91 Å². The maximum atomic E-state index is 11.8. The molecule has 1 amide bonds. The van der Waals surface area contributed by atoms with E-state index in [2.05, 4.69) is 22.7 Å². The van der Waals surface area contributed by atoms with E-state index in [4.69, 9.17) is 5.11 Å². The highest BCUT2D eigenvalue weighted by molar-refractivity contribution is 5.98. The zero-order valence-corrected chi connectivity index (χ0v) is 9.84. The van der Waals surface area contributed by atoms with E-state index < -0.39 is 0 Å². The van der Waals surface area contributed by atoms with Gasteiger partial charge in [-0.3, -0.25) is 4.79 Å². The maximum absolute atomic E-state index is 11.8. The Balaban J connectivity index is 1.62. The molecule has 2 atom stereocenters. The smallest absolute Gasteiger partial charge is 0.271 e. The topological polar surface area (TPSA) is 61.7 Å². The quantitative estimate of drug-likeness (QED) is 0.616. The number of hydrogen-bond donors (Lipinski definition) is 2. The lowest BCUT2D eigenvalue weighted by atomic mass is 9.74. The van der Waals surface area contributed by atoms with Gasteiger partial charge in [0.05, 0.1) is 0 Å². The molecule has 2 aliphatic carbocycles. The van der Waals surface area contributed by atoms with Crippen LogP contribution < -0.4 is 5.43 Å². The molecule has 1 saturated carbocycles. The summed E-state index contributed by atoms with van der Waals surface area (Å²) >= 11 is 0. The first-order valence-corrected chi connectivity index (χ1v) is 6.06. The van der Waals surface area contributed by atoms with Crippen LogP contribution in [0.2, 0.25) is 0 Å². The second-order valence-electron chi connectivity index (χ2n) is 4.73. The van der Waals surface area contributed by atoms with Crippen molar-refractivity contribution in [3.63, 3.8) is 0 Å². The van der Waals surface area contributed by atoms with Crippen LogP contribution >= 0.6 is 0 Å². The first-order valence-electron chi connectivity index (χ1n) is 6.06. The van der Waals surface area contributed by atoms with Crippen LogP contribution in [0.15, 0.2) is 41.5 Å². The normalized spacial score (nSPS) is 26.8. The average molecular weight is 242 g/mol. The Morgan fingerprint density at radius 3 is 2.83 bits per heavy atom. The number of hydrazone groups is 1. The molecule has 18 heavy (non-hydrogen) atoms. The van der Waals surface area contributed by atoms with Crippen LogP contribution in [-0.2, 0) is 0 Å². The Morgan fingerprint density at radius 2 is 2.11 bits per heavy atom. The van der Waals surface area contributed by atoms with Crippen LogP contribution in [0.3, 0.4) is 0 Å². The van der Waals surface area contributed by atoms with E-state index in [-0.39, 0.29) is 11.7 Å². The summed E-state index contributed by atoms with van der Waals surface area (Å²) in [6.45, 7) is 0. The predicted octanol–water partition coefficient (Wildman–Crippen LogP) is 2.07. The zero-order chi connectivity index (χ0) is 12.5. The number of allylic oxidation sites excluding steroid dienone is 2. The number of hydrogen-bond acceptors (Lipinski definition) is 3. The van der Waals surface area contributed by atoms with E-state index in [0.29, 0.717) is 17.4 Å². The van der Waals surface area contributed by atoms with Crippen LogP contribution in [0.1, 0.15) is 23.2 Å². The number of aromatic hydroxyl groups is 1. The summed E-state index contributed by atoms with van der Waals surface area (Å²) in [5.41, 5.74) is 4.15. The summed E-state index contributed by atoms with van der Waals surface area (Å²) in [7, 11) is 0. The number of carbonyl (C=O) groups is 1. The van der Waals surface area contributed by atoms with Gasteiger partial charge in [-0.25, -0.2) is 5.43 Å². The molecule has 0 aromatic heterocycles. The summed E-state index contributed by atoms with van der Waals surface area (Å²) in [4.78, 5) is 11.8. The van der Waals surface area contributed by atoms with E-state index in [1.165, 1.54) is 12.1 Å². The summed E-state index contributed by atoms with van der Waals surface area (Å²) < 4.78 is 0. The number of rotatable bonds is 2. The number of nitrogens with zero attached hydrogens (tertiary/aromatic N) is 1. The Hall–Kier alpha value is -2.10. The molecule has 0 radical (unpaired) electrons. The minimum absolute atomic E-state index is 0.150. The third-order valence-corrected chi connectivity index (χ3v) is 3.59. The number of benzene rings is 1. The molecule has 2 N–H and O–H groups in total. The van der Waals surface area contributed by atoms with Gasteiger partial charge in [0.2, 0.25) is 0 Å². The van der Waals surface area contributed by atoms with Crippen LogP contribution in [-0.4, -0.2) is 16.7 Å². The second kappa shape index (κ2) is 4.29. The van der Waals surface area contributed by atoms with Gasteiger partial charge in [0, 0.05) is 17.2 Å². The lowest BCUT2D eigenvalue weighted by molar-refractivity contribution is 0.0954. The molecule has 1 aromatic carbocycles. The maximum Gasteiger partial charge on any atom is 0.271 e. The van der Waals surface area contributed by atoms with E-state index in [9.17, 15) is 4.79 Å². The monoisotopic (exact) mass is 242 g/mol. The Kier molecular flexibility index (Phi) is 2.63. The number of nitrogens with one attached hydrogen (secondary N) is 1. The zero-order valence-electron chi connectivity index (χ0n) is 9.84. The Bertz CT molecular complexity index is 531. The molecule has 2 aliphatic rings. The van der Waals surface area contributed by atoms with E-state index in [1.807, 2.05) is 0 Å².